The molecule has 0 aromatic heterocycles. The molecule has 15 heavy (non-hydrogen) atoms. The number of benzene rings is 1. The number of nitro benzene ring substituents is 1. The Morgan fingerprint density at radius 3 is 2.33 bits per heavy atom. The van der Waals surface area contributed by atoms with Crippen LogP contribution in [0.3, 0.4) is 0 Å². The summed E-state index contributed by atoms with van der Waals surface area (Å²) >= 11 is 2.75. The molecule has 0 bridgehead atoms. The van der Waals surface area contributed by atoms with E-state index in [9.17, 15) is 22.9 Å². The van der Waals surface area contributed by atoms with Crippen molar-refractivity contribution in [3.8, 4) is 0 Å². The van der Waals surface area contributed by atoms with Crippen molar-refractivity contribution in [2.24, 2.45) is 5.14 Å². The Labute approximate surface area is 92.2 Å². The van der Waals surface area contributed by atoms with Gasteiger partial charge in [-0.2, -0.15) is 0 Å². The molecule has 2 N–H and O–H groups in total. The van der Waals surface area contributed by atoms with E-state index in [4.69, 9.17) is 0 Å². The first-order chi connectivity index (χ1) is 6.75. The van der Waals surface area contributed by atoms with Crippen LogP contribution in [0.5, 0.6) is 0 Å². The fraction of sp³-hybridized carbons (Fsp3) is 0. The molecule has 6 nitrogen and oxygen atoms in total. The first-order valence-corrected chi connectivity index (χ1v) is 5.74. The highest BCUT2D eigenvalue weighted by Crippen LogP contribution is 2.33. The Bertz CT molecular complexity index is 530. The molecule has 1 aromatic rings. The van der Waals surface area contributed by atoms with Crippen LogP contribution < -0.4 is 5.14 Å². The van der Waals surface area contributed by atoms with Gasteiger partial charge in [0.05, 0.1) is 9.40 Å². The first-order valence-electron chi connectivity index (χ1n) is 3.40. The van der Waals surface area contributed by atoms with Crippen LogP contribution in [0.2, 0.25) is 0 Å². The number of hydrogen-bond acceptors (Lipinski definition) is 4. The molecule has 9 heteroatoms. The zero-order valence-corrected chi connectivity index (χ0v) is 9.38. The van der Waals surface area contributed by atoms with Crippen molar-refractivity contribution in [1.29, 1.82) is 0 Å². The molecule has 0 atom stereocenters. The van der Waals surface area contributed by atoms with Crippen LogP contribution in [-0.2, 0) is 10.0 Å². The molecule has 0 heterocycles. The number of nitrogens with two attached hydrogens (primary N) is 1. The highest BCUT2D eigenvalue weighted by Gasteiger charge is 2.30. The lowest BCUT2D eigenvalue weighted by molar-refractivity contribution is -0.389. The number of sulfonamides is 1. The zero-order chi connectivity index (χ0) is 11.8. The quantitative estimate of drug-likeness (QED) is 0.653. The second-order valence-electron chi connectivity index (χ2n) is 2.51. The van der Waals surface area contributed by atoms with Gasteiger partial charge in [0.15, 0.2) is 4.90 Å². The minimum Gasteiger partial charge on any atom is -0.258 e. The Morgan fingerprint density at radius 1 is 1.47 bits per heavy atom. The van der Waals surface area contributed by atoms with E-state index in [1.165, 1.54) is 0 Å². The smallest absolute Gasteiger partial charge is 0.258 e. The maximum absolute atomic E-state index is 13.1. The molecule has 0 saturated heterocycles. The third-order valence-electron chi connectivity index (χ3n) is 1.50. The van der Waals surface area contributed by atoms with Crippen molar-refractivity contribution in [3.05, 3.63) is 32.5 Å². The lowest BCUT2D eigenvalue weighted by Gasteiger charge is -2.03. The monoisotopic (exact) mass is 298 g/mol. The van der Waals surface area contributed by atoms with Gasteiger partial charge in [-0.25, -0.2) is 17.9 Å². The topological polar surface area (TPSA) is 103 Å². The zero-order valence-electron chi connectivity index (χ0n) is 6.98. The summed E-state index contributed by atoms with van der Waals surface area (Å²) in [6.45, 7) is 0. The Morgan fingerprint density at radius 2 is 2.00 bits per heavy atom. The van der Waals surface area contributed by atoms with Gasteiger partial charge >= 0.3 is 5.69 Å². The maximum atomic E-state index is 13.1. The van der Waals surface area contributed by atoms with E-state index < -0.39 is 31.3 Å². The Hall–Kier alpha value is -1.06. The van der Waals surface area contributed by atoms with E-state index in [1.54, 1.807) is 0 Å². The van der Waals surface area contributed by atoms with E-state index in [0.717, 1.165) is 12.1 Å². The number of primary sulfonamides is 1. The third kappa shape index (κ3) is 2.30. The molecule has 0 radical (unpaired) electrons. The summed E-state index contributed by atoms with van der Waals surface area (Å²) in [5.41, 5.74) is -0.905. The standard InChI is InChI=1S/C6H4BrFN2O4S/c7-3-1-2-4(8)6(15(9,13)14)5(3)10(11)12/h1-2H,(H2,9,13,14). The van der Waals surface area contributed by atoms with Gasteiger partial charge in [-0.05, 0) is 28.1 Å². The van der Waals surface area contributed by atoms with Gasteiger partial charge in [-0.3, -0.25) is 10.1 Å². The molecule has 0 aliphatic rings. The molecule has 82 valence electrons. The maximum Gasteiger partial charge on any atom is 0.306 e. The predicted octanol–water partition coefficient (Wildman–Crippen LogP) is 1.14. The highest BCUT2D eigenvalue weighted by atomic mass is 79.9. The summed E-state index contributed by atoms with van der Waals surface area (Å²) in [5, 5.41) is 15.2. The van der Waals surface area contributed by atoms with Gasteiger partial charge < -0.3 is 0 Å². The molecule has 1 aromatic carbocycles. The number of nitrogens with zero attached hydrogens (tertiary/aromatic N) is 1. The number of rotatable bonds is 2. The van der Waals surface area contributed by atoms with Gasteiger partial charge in [-0.15, -0.1) is 0 Å². The second kappa shape index (κ2) is 3.83. The number of nitro groups is 1. The predicted molar refractivity (Wildman–Crippen MR) is 52.1 cm³/mol. The molecular formula is C6H4BrFN2O4S. The van der Waals surface area contributed by atoms with Crippen molar-refractivity contribution in [3.63, 3.8) is 0 Å². The molecule has 0 aliphatic carbocycles. The Balaban J connectivity index is 3.76. The number of halogens is 2. The summed E-state index contributed by atoms with van der Waals surface area (Å²) in [6, 6.07) is 1.80. The summed E-state index contributed by atoms with van der Waals surface area (Å²) in [5.74, 6) is -1.26. The lowest BCUT2D eigenvalue weighted by Crippen LogP contribution is -2.16. The van der Waals surface area contributed by atoms with Crippen LogP contribution in [0.4, 0.5) is 10.1 Å². The van der Waals surface area contributed by atoms with Gasteiger partial charge in [0.25, 0.3) is 0 Å². The molecule has 0 saturated carbocycles. The minimum atomic E-state index is -4.48. The van der Waals surface area contributed by atoms with E-state index in [1.807, 2.05) is 0 Å². The van der Waals surface area contributed by atoms with Gasteiger partial charge in [0.1, 0.15) is 5.82 Å². The minimum absolute atomic E-state index is 0.155. The van der Waals surface area contributed by atoms with Gasteiger partial charge in [0, 0.05) is 0 Å². The molecule has 1 rings (SSSR count). The molecule has 0 amide bonds. The van der Waals surface area contributed by atoms with E-state index in [-0.39, 0.29) is 4.47 Å². The molecule has 0 spiro atoms. The molecule has 0 fully saturated rings. The van der Waals surface area contributed by atoms with Crippen molar-refractivity contribution >= 4 is 31.6 Å². The first kappa shape index (κ1) is 12.0. The summed E-state index contributed by atoms with van der Waals surface area (Å²) in [4.78, 5) is 8.39. The van der Waals surface area contributed by atoms with Crippen molar-refractivity contribution in [2.75, 3.05) is 0 Å². The largest absolute Gasteiger partial charge is 0.306 e. The highest BCUT2D eigenvalue weighted by molar-refractivity contribution is 9.10. The van der Waals surface area contributed by atoms with Crippen LogP contribution >= 0.6 is 15.9 Å². The van der Waals surface area contributed by atoms with Gasteiger partial charge in [0.2, 0.25) is 10.0 Å². The normalized spacial score (nSPS) is 11.4. The van der Waals surface area contributed by atoms with Gasteiger partial charge in [-0.1, -0.05) is 0 Å². The fourth-order valence-electron chi connectivity index (χ4n) is 0.963. The molecular weight excluding hydrogens is 295 g/mol. The van der Waals surface area contributed by atoms with Crippen LogP contribution in [0.25, 0.3) is 0 Å². The van der Waals surface area contributed by atoms with Crippen molar-refractivity contribution in [2.45, 2.75) is 4.90 Å². The summed E-state index contributed by atoms with van der Waals surface area (Å²) < 4.78 is 34.8. The SMILES string of the molecule is NS(=O)(=O)c1c(F)ccc(Br)c1[N+](=O)[O-]. The van der Waals surface area contributed by atoms with Crippen molar-refractivity contribution in [1.82, 2.24) is 0 Å². The van der Waals surface area contributed by atoms with Crippen molar-refractivity contribution < 1.29 is 17.7 Å². The van der Waals surface area contributed by atoms with E-state index in [2.05, 4.69) is 21.1 Å². The van der Waals surface area contributed by atoms with Crippen LogP contribution in [0.15, 0.2) is 21.5 Å². The molecule has 0 unspecified atom stereocenters. The van der Waals surface area contributed by atoms with E-state index in [0.29, 0.717) is 0 Å². The summed E-state index contributed by atoms with van der Waals surface area (Å²) in [6.07, 6.45) is 0. The average Bonchev–Trinajstić information content (AvgIpc) is 2.05. The van der Waals surface area contributed by atoms with Crippen LogP contribution in [0.1, 0.15) is 0 Å². The lowest BCUT2D eigenvalue weighted by atomic mass is 10.3. The van der Waals surface area contributed by atoms with Crippen LogP contribution in [-0.4, -0.2) is 13.3 Å². The third-order valence-corrected chi connectivity index (χ3v) is 3.10. The van der Waals surface area contributed by atoms with E-state index >= 15 is 0 Å². The fourth-order valence-corrected chi connectivity index (χ4v) is 2.36. The average molecular weight is 299 g/mol. The molecule has 0 aliphatic heterocycles. The Kier molecular flexibility index (Phi) is 3.07. The summed E-state index contributed by atoms with van der Waals surface area (Å²) in [7, 11) is -4.48. The number of hydrogen-bond donors (Lipinski definition) is 1. The second-order valence-corrected chi connectivity index (χ2v) is 4.86. The van der Waals surface area contributed by atoms with Crippen LogP contribution in [0, 0.1) is 15.9 Å².